The number of hydrogen-bond donors (Lipinski definition) is 1. The number of fused-ring (bicyclic) bond motifs is 1. The second kappa shape index (κ2) is 6.50. The first-order valence-electron chi connectivity index (χ1n) is 7.85. The smallest absolute Gasteiger partial charge is 0.225 e. The van der Waals surface area contributed by atoms with Gasteiger partial charge in [-0.25, -0.2) is 0 Å². The summed E-state index contributed by atoms with van der Waals surface area (Å²) < 4.78 is 9.81. The van der Waals surface area contributed by atoms with Crippen LogP contribution in [0.2, 0.25) is 5.02 Å². The van der Waals surface area contributed by atoms with Crippen LogP contribution >= 0.6 is 23.1 Å². The lowest BCUT2D eigenvalue weighted by atomic mass is 9.89. The molecule has 1 aliphatic rings. The van der Waals surface area contributed by atoms with Gasteiger partial charge >= 0.3 is 0 Å². The molecule has 0 saturated carbocycles. The third-order valence-corrected chi connectivity index (χ3v) is 5.50. The Balaban J connectivity index is 1.78. The third-order valence-electron chi connectivity index (χ3n) is 4.30. The minimum atomic E-state index is -0.0213. The minimum absolute atomic E-state index is 0.00700. The van der Waals surface area contributed by atoms with Gasteiger partial charge in [-0.3, -0.25) is 4.79 Å². The SMILES string of the molecule is COc1ccc(-c2nsc3c2NC(=O)CC3c2cccc(Cl)c2)cc1. The number of benzene rings is 2. The average molecular weight is 371 g/mol. The summed E-state index contributed by atoms with van der Waals surface area (Å²) in [5.41, 5.74) is 3.58. The highest BCUT2D eigenvalue weighted by Crippen LogP contribution is 2.45. The Morgan fingerprint density at radius 3 is 2.76 bits per heavy atom. The first-order valence-corrected chi connectivity index (χ1v) is 9.00. The average Bonchev–Trinajstić information content (AvgIpc) is 3.04. The molecule has 6 heteroatoms. The minimum Gasteiger partial charge on any atom is -0.497 e. The van der Waals surface area contributed by atoms with Gasteiger partial charge < -0.3 is 10.1 Å². The fraction of sp³-hybridized carbons (Fsp3) is 0.158. The fourth-order valence-electron chi connectivity index (χ4n) is 3.07. The molecule has 1 unspecified atom stereocenters. The van der Waals surface area contributed by atoms with Crippen LogP contribution in [-0.4, -0.2) is 17.4 Å². The first kappa shape index (κ1) is 16.1. The molecule has 1 aromatic heterocycles. The van der Waals surface area contributed by atoms with Crippen molar-refractivity contribution in [2.75, 3.05) is 12.4 Å². The van der Waals surface area contributed by atoms with Gasteiger partial charge in [-0.2, -0.15) is 4.37 Å². The summed E-state index contributed by atoms with van der Waals surface area (Å²) in [7, 11) is 1.63. The number of hydrogen-bond acceptors (Lipinski definition) is 4. The van der Waals surface area contributed by atoms with Gasteiger partial charge in [-0.05, 0) is 53.5 Å². The molecule has 4 rings (SSSR count). The number of nitrogens with zero attached hydrogens (tertiary/aromatic N) is 1. The van der Waals surface area contributed by atoms with E-state index in [-0.39, 0.29) is 11.8 Å². The highest BCUT2D eigenvalue weighted by molar-refractivity contribution is 7.07. The number of rotatable bonds is 3. The van der Waals surface area contributed by atoms with Gasteiger partial charge in [0.05, 0.1) is 17.7 Å². The van der Waals surface area contributed by atoms with E-state index in [0.717, 1.165) is 33.1 Å². The number of anilines is 1. The molecule has 1 aliphatic heterocycles. The number of ether oxygens (including phenoxy) is 1. The first-order chi connectivity index (χ1) is 12.2. The maximum absolute atomic E-state index is 12.3. The molecular weight excluding hydrogens is 356 g/mol. The number of aromatic nitrogens is 1. The number of methoxy groups -OCH3 is 1. The molecule has 0 saturated heterocycles. The van der Waals surface area contributed by atoms with Gasteiger partial charge in [0.1, 0.15) is 11.4 Å². The van der Waals surface area contributed by atoms with Crippen molar-refractivity contribution in [3.8, 4) is 17.0 Å². The standard InChI is InChI=1S/C19H15ClN2O2S/c1-24-14-7-5-11(6-8-14)17-18-19(25-22-17)15(10-16(23)21-18)12-3-2-4-13(20)9-12/h2-9,15H,10H2,1H3,(H,21,23). The topological polar surface area (TPSA) is 51.2 Å². The maximum atomic E-state index is 12.3. The number of carbonyl (C=O) groups excluding carboxylic acids is 1. The molecule has 1 N–H and O–H groups in total. The molecule has 0 fully saturated rings. The molecule has 0 bridgehead atoms. The van der Waals surface area contributed by atoms with Crippen LogP contribution in [0.15, 0.2) is 48.5 Å². The summed E-state index contributed by atoms with van der Waals surface area (Å²) in [5.74, 6) is 0.757. The molecule has 3 aromatic rings. The van der Waals surface area contributed by atoms with Crippen LogP contribution in [0.4, 0.5) is 5.69 Å². The molecule has 0 spiro atoms. The van der Waals surface area contributed by atoms with Crippen LogP contribution in [-0.2, 0) is 4.79 Å². The van der Waals surface area contributed by atoms with Crippen LogP contribution in [0.3, 0.4) is 0 Å². The Bertz CT molecular complexity index is 937. The highest BCUT2D eigenvalue weighted by Gasteiger charge is 2.31. The Kier molecular flexibility index (Phi) is 4.19. The van der Waals surface area contributed by atoms with Crippen molar-refractivity contribution in [2.45, 2.75) is 12.3 Å². The lowest BCUT2D eigenvalue weighted by Gasteiger charge is -2.23. The second-order valence-electron chi connectivity index (χ2n) is 5.86. The number of carbonyl (C=O) groups is 1. The zero-order valence-corrected chi connectivity index (χ0v) is 15.0. The van der Waals surface area contributed by atoms with Crippen LogP contribution in [0.25, 0.3) is 11.3 Å². The van der Waals surface area contributed by atoms with Crippen molar-refractivity contribution < 1.29 is 9.53 Å². The van der Waals surface area contributed by atoms with Crippen LogP contribution in [0.1, 0.15) is 22.8 Å². The predicted molar refractivity (Wildman–Crippen MR) is 101 cm³/mol. The monoisotopic (exact) mass is 370 g/mol. The van der Waals surface area contributed by atoms with Crippen LogP contribution < -0.4 is 10.1 Å². The Hall–Kier alpha value is -2.37. The summed E-state index contributed by atoms with van der Waals surface area (Å²) in [6, 6.07) is 15.3. The van der Waals surface area contributed by atoms with E-state index < -0.39 is 0 Å². The molecule has 1 atom stereocenters. The summed E-state index contributed by atoms with van der Waals surface area (Å²) in [5, 5.41) is 3.67. The van der Waals surface area contributed by atoms with Gasteiger partial charge in [0.25, 0.3) is 0 Å². The van der Waals surface area contributed by atoms with Gasteiger partial charge in [-0.1, -0.05) is 23.7 Å². The van der Waals surface area contributed by atoms with E-state index in [9.17, 15) is 4.79 Å². The van der Waals surface area contributed by atoms with E-state index in [1.165, 1.54) is 11.5 Å². The number of amides is 1. The van der Waals surface area contributed by atoms with Gasteiger partial charge in [0.15, 0.2) is 0 Å². The summed E-state index contributed by atoms with van der Waals surface area (Å²) >= 11 is 7.56. The van der Waals surface area contributed by atoms with Crippen LogP contribution in [0.5, 0.6) is 5.75 Å². The zero-order valence-electron chi connectivity index (χ0n) is 13.5. The number of halogens is 1. The maximum Gasteiger partial charge on any atom is 0.225 e. The van der Waals surface area contributed by atoms with E-state index in [2.05, 4.69) is 9.69 Å². The van der Waals surface area contributed by atoms with Crippen molar-refractivity contribution in [3.05, 3.63) is 64.0 Å². The van der Waals surface area contributed by atoms with E-state index in [4.69, 9.17) is 16.3 Å². The molecule has 25 heavy (non-hydrogen) atoms. The van der Waals surface area contributed by atoms with Crippen molar-refractivity contribution in [2.24, 2.45) is 0 Å². The van der Waals surface area contributed by atoms with Crippen molar-refractivity contribution in [3.63, 3.8) is 0 Å². The van der Waals surface area contributed by atoms with Crippen molar-refractivity contribution >= 4 is 34.7 Å². The van der Waals surface area contributed by atoms with Crippen molar-refractivity contribution in [1.82, 2.24) is 4.37 Å². The van der Waals surface area contributed by atoms with E-state index in [1.807, 2.05) is 48.5 Å². The van der Waals surface area contributed by atoms with Crippen molar-refractivity contribution in [1.29, 1.82) is 0 Å². The van der Waals surface area contributed by atoms with Crippen LogP contribution in [0, 0.1) is 0 Å². The van der Waals surface area contributed by atoms with Gasteiger partial charge in [0.2, 0.25) is 5.91 Å². The summed E-state index contributed by atoms with van der Waals surface area (Å²) in [6.07, 6.45) is 0.400. The van der Waals surface area contributed by atoms with Gasteiger partial charge in [0, 0.05) is 22.9 Å². The quantitative estimate of drug-likeness (QED) is 0.710. The van der Waals surface area contributed by atoms with E-state index >= 15 is 0 Å². The van der Waals surface area contributed by atoms with E-state index in [1.54, 1.807) is 7.11 Å². The molecular formula is C19H15ClN2O2S. The molecule has 126 valence electrons. The largest absolute Gasteiger partial charge is 0.497 e. The summed E-state index contributed by atoms with van der Waals surface area (Å²) in [6.45, 7) is 0. The normalized spacial score (nSPS) is 16.2. The molecule has 1 amide bonds. The molecule has 2 aromatic carbocycles. The Labute approximate surface area is 154 Å². The van der Waals surface area contributed by atoms with Gasteiger partial charge in [-0.15, -0.1) is 0 Å². The Morgan fingerprint density at radius 1 is 1.24 bits per heavy atom. The molecule has 2 heterocycles. The zero-order chi connectivity index (χ0) is 17.4. The lowest BCUT2D eigenvalue weighted by molar-refractivity contribution is -0.116. The Morgan fingerprint density at radius 2 is 2.04 bits per heavy atom. The summed E-state index contributed by atoms with van der Waals surface area (Å²) in [4.78, 5) is 13.4. The molecule has 4 nitrogen and oxygen atoms in total. The lowest BCUT2D eigenvalue weighted by Crippen LogP contribution is -2.22. The molecule has 0 radical (unpaired) electrons. The molecule has 0 aliphatic carbocycles. The predicted octanol–water partition coefficient (Wildman–Crippen LogP) is 4.95. The third kappa shape index (κ3) is 3.01. The highest BCUT2D eigenvalue weighted by atomic mass is 35.5. The second-order valence-corrected chi connectivity index (χ2v) is 7.10. The van der Waals surface area contributed by atoms with E-state index in [0.29, 0.717) is 11.4 Å². The fourth-order valence-corrected chi connectivity index (χ4v) is 4.24. The number of nitrogens with one attached hydrogen (secondary N) is 1.